The Kier molecular flexibility index (Phi) is 5.28. The van der Waals surface area contributed by atoms with Crippen LogP contribution < -0.4 is 5.32 Å². The van der Waals surface area contributed by atoms with Gasteiger partial charge in [0.2, 0.25) is 5.91 Å². The molecule has 0 spiro atoms. The van der Waals surface area contributed by atoms with E-state index in [1.807, 2.05) is 6.07 Å². The zero-order valence-corrected chi connectivity index (χ0v) is 12.8. The second-order valence-corrected chi connectivity index (χ2v) is 6.18. The van der Waals surface area contributed by atoms with Gasteiger partial charge in [0.25, 0.3) is 0 Å². The van der Waals surface area contributed by atoms with Crippen molar-refractivity contribution in [2.45, 2.75) is 26.7 Å². The molecule has 1 amide bonds. The molecule has 0 unspecified atom stereocenters. The zero-order chi connectivity index (χ0) is 15.3. The number of carbonyl (C=O) groups is 2. The molecular formula is C14H15BrN2O3. The molecule has 1 aromatic rings. The molecule has 0 aliphatic heterocycles. The van der Waals surface area contributed by atoms with Crippen molar-refractivity contribution < 1.29 is 14.7 Å². The fraction of sp³-hybridized carbons (Fsp3) is 0.357. The third-order valence-electron chi connectivity index (χ3n) is 2.65. The summed E-state index contributed by atoms with van der Waals surface area (Å²) in [6.45, 7) is 3.43. The molecule has 5 nitrogen and oxygen atoms in total. The van der Waals surface area contributed by atoms with E-state index in [-0.39, 0.29) is 18.7 Å². The van der Waals surface area contributed by atoms with E-state index in [1.54, 1.807) is 32.0 Å². The van der Waals surface area contributed by atoms with Crippen molar-refractivity contribution >= 4 is 33.5 Å². The molecule has 20 heavy (non-hydrogen) atoms. The first-order chi connectivity index (χ1) is 9.23. The third-order valence-corrected chi connectivity index (χ3v) is 3.14. The minimum Gasteiger partial charge on any atom is -0.481 e. The number of rotatable bonds is 5. The van der Waals surface area contributed by atoms with Gasteiger partial charge in [0.05, 0.1) is 17.7 Å². The average Bonchev–Trinajstić information content (AvgIpc) is 2.26. The van der Waals surface area contributed by atoms with Gasteiger partial charge >= 0.3 is 5.97 Å². The van der Waals surface area contributed by atoms with E-state index in [1.165, 1.54) is 0 Å². The van der Waals surface area contributed by atoms with Gasteiger partial charge in [0.1, 0.15) is 6.07 Å². The van der Waals surface area contributed by atoms with Gasteiger partial charge in [-0.05, 0) is 23.6 Å². The predicted octanol–water partition coefficient (Wildman–Crippen LogP) is 3.15. The number of hydrogen-bond donors (Lipinski definition) is 2. The highest BCUT2D eigenvalue weighted by Gasteiger charge is 2.25. The molecular weight excluding hydrogens is 324 g/mol. The maximum atomic E-state index is 12.0. The molecule has 0 atom stereocenters. The molecule has 0 bridgehead atoms. The van der Waals surface area contributed by atoms with Crippen LogP contribution in [0.25, 0.3) is 0 Å². The summed E-state index contributed by atoms with van der Waals surface area (Å²) < 4.78 is 0.747. The maximum absolute atomic E-state index is 12.0. The van der Waals surface area contributed by atoms with Gasteiger partial charge in [0, 0.05) is 10.9 Å². The maximum Gasteiger partial charge on any atom is 0.303 e. The topological polar surface area (TPSA) is 90.2 Å². The number of hydrogen-bond acceptors (Lipinski definition) is 3. The van der Waals surface area contributed by atoms with Crippen LogP contribution >= 0.6 is 15.9 Å². The lowest BCUT2D eigenvalue weighted by molar-refractivity contribution is -0.139. The summed E-state index contributed by atoms with van der Waals surface area (Å²) in [4.78, 5) is 22.7. The van der Waals surface area contributed by atoms with E-state index in [0.29, 0.717) is 11.3 Å². The zero-order valence-electron chi connectivity index (χ0n) is 11.2. The van der Waals surface area contributed by atoms with Gasteiger partial charge in [-0.1, -0.05) is 29.8 Å². The number of nitriles is 1. The minimum atomic E-state index is -0.942. The Morgan fingerprint density at radius 3 is 2.60 bits per heavy atom. The summed E-state index contributed by atoms with van der Waals surface area (Å²) in [7, 11) is 0. The van der Waals surface area contributed by atoms with Gasteiger partial charge in [0.15, 0.2) is 0 Å². The standard InChI is InChI=1S/C14H15BrN2O3/c1-14(2,7-13(19)20)6-12(18)17-11-5-10(15)4-3-9(11)8-16/h3-5H,6-7H2,1-2H3,(H,17,18)(H,19,20). The number of nitrogens with zero attached hydrogens (tertiary/aromatic N) is 1. The van der Waals surface area contributed by atoms with E-state index in [0.717, 1.165) is 4.47 Å². The highest BCUT2D eigenvalue weighted by Crippen LogP contribution is 2.27. The van der Waals surface area contributed by atoms with Crippen LogP contribution in [-0.4, -0.2) is 17.0 Å². The Bertz CT molecular complexity index is 576. The van der Waals surface area contributed by atoms with Crippen LogP contribution in [0.5, 0.6) is 0 Å². The van der Waals surface area contributed by atoms with Crippen LogP contribution in [0.3, 0.4) is 0 Å². The average molecular weight is 339 g/mol. The van der Waals surface area contributed by atoms with Gasteiger partial charge in [-0.15, -0.1) is 0 Å². The SMILES string of the molecule is CC(C)(CC(=O)O)CC(=O)Nc1cc(Br)ccc1C#N. The number of carboxylic acids is 1. The Morgan fingerprint density at radius 2 is 2.05 bits per heavy atom. The minimum absolute atomic E-state index is 0.0662. The second kappa shape index (κ2) is 6.53. The summed E-state index contributed by atoms with van der Waals surface area (Å²) in [6, 6.07) is 6.94. The molecule has 106 valence electrons. The molecule has 0 saturated carbocycles. The van der Waals surface area contributed by atoms with Crippen molar-refractivity contribution in [3.05, 3.63) is 28.2 Å². The van der Waals surface area contributed by atoms with Crippen molar-refractivity contribution in [1.82, 2.24) is 0 Å². The molecule has 0 aliphatic rings. The monoisotopic (exact) mass is 338 g/mol. The number of anilines is 1. The highest BCUT2D eigenvalue weighted by atomic mass is 79.9. The third kappa shape index (κ3) is 5.02. The molecule has 0 aliphatic carbocycles. The summed E-state index contributed by atoms with van der Waals surface area (Å²) in [5.74, 6) is -1.26. The lowest BCUT2D eigenvalue weighted by atomic mass is 9.85. The summed E-state index contributed by atoms with van der Waals surface area (Å²) in [5.41, 5.74) is 0.130. The Labute approximate surface area is 125 Å². The molecule has 0 aromatic heterocycles. The number of carbonyl (C=O) groups excluding carboxylic acids is 1. The summed E-state index contributed by atoms with van der Waals surface area (Å²) in [5, 5.41) is 20.4. The lowest BCUT2D eigenvalue weighted by Gasteiger charge is -2.21. The van der Waals surface area contributed by atoms with Crippen molar-refractivity contribution in [3.63, 3.8) is 0 Å². The fourth-order valence-corrected chi connectivity index (χ4v) is 2.18. The van der Waals surface area contributed by atoms with Crippen LogP contribution in [0.1, 0.15) is 32.3 Å². The number of amides is 1. The molecule has 1 aromatic carbocycles. The van der Waals surface area contributed by atoms with Crippen molar-refractivity contribution in [1.29, 1.82) is 5.26 Å². The van der Waals surface area contributed by atoms with Crippen molar-refractivity contribution in [2.24, 2.45) is 5.41 Å². The first kappa shape index (κ1) is 16.2. The Balaban J connectivity index is 2.79. The quantitative estimate of drug-likeness (QED) is 0.862. The van der Waals surface area contributed by atoms with Gasteiger partial charge < -0.3 is 10.4 Å². The van der Waals surface area contributed by atoms with Gasteiger partial charge in [-0.25, -0.2) is 0 Å². The van der Waals surface area contributed by atoms with Gasteiger partial charge in [-0.2, -0.15) is 5.26 Å². The van der Waals surface area contributed by atoms with Crippen LogP contribution in [0, 0.1) is 16.7 Å². The van der Waals surface area contributed by atoms with E-state index >= 15 is 0 Å². The first-order valence-corrected chi connectivity index (χ1v) is 6.74. The van der Waals surface area contributed by atoms with Crippen LogP contribution in [-0.2, 0) is 9.59 Å². The normalized spacial score (nSPS) is 10.7. The molecule has 0 saturated heterocycles. The fourth-order valence-electron chi connectivity index (χ4n) is 1.82. The van der Waals surface area contributed by atoms with Crippen molar-refractivity contribution in [2.75, 3.05) is 5.32 Å². The van der Waals surface area contributed by atoms with Crippen LogP contribution in [0.2, 0.25) is 0 Å². The van der Waals surface area contributed by atoms with Crippen LogP contribution in [0.4, 0.5) is 5.69 Å². The molecule has 0 fully saturated rings. The van der Waals surface area contributed by atoms with Crippen LogP contribution in [0.15, 0.2) is 22.7 Å². The van der Waals surface area contributed by atoms with E-state index in [4.69, 9.17) is 10.4 Å². The lowest BCUT2D eigenvalue weighted by Crippen LogP contribution is -2.25. The van der Waals surface area contributed by atoms with E-state index < -0.39 is 11.4 Å². The Hall–Kier alpha value is -1.87. The molecule has 2 N–H and O–H groups in total. The largest absolute Gasteiger partial charge is 0.481 e. The van der Waals surface area contributed by atoms with Gasteiger partial charge in [-0.3, -0.25) is 9.59 Å². The molecule has 1 rings (SSSR count). The predicted molar refractivity (Wildman–Crippen MR) is 78.1 cm³/mol. The smallest absolute Gasteiger partial charge is 0.303 e. The van der Waals surface area contributed by atoms with E-state index in [2.05, 4.69) is 21.2 Å². The molecule has 0 radical (unpaired) electrons. The highest BCUT2D eigenvalue weighted by molar-refractivity contribution is 9.10. The number of aliphatic carboxylic acids is 1. The summed E-state index contributed by atoms with van der Waals surface area (Å²) >= 11 is 3.27. The number of benzene rings is 1. The molecule has 0 heterocycles. The first-order valence-electron chi connectivity index (χ1n) is 5.95. The van der Waals surface area contributed by atoms with E-state index in [9.17, 15) is 9.59 Å². The van der Waals surface area contributed by atoms with Crippen molar-refractivity contribution in [3.8, 4) is 6.07 Å². The number of nitrogens with one attached hydrogen (secondary N) is 1. The molecule has 6 heteroatoms. The number of carboxylic acid groups (broad SMARTS) is 1. The Morgan fingerprint density at radius 1 is 1.40 bits per heavy atom. The summed E-state index contributed by atoms with van der Waals surface area (Å²) in [6.07, 6.45) is -0.0271. The second-order valence-electron chi connectivity index (χ2n) is 5.26. The number of halogens is 1.